The molecule has 0 amide bonds. The summed E-state index contributed by atoms with van der Waals surface area (Å²) < 4.78 is 20.2. The van der Waals surface area contributed by atoms with E-state index in [0.717, 1.165) is 5.56 Å². The highest BCUT2D eigenvalue weighted by Gasteiger charge is 2.06. The first kappa shape index (κ1) is 13.3. The summed E-state index contributed by atoms with van der Waals surface area (Å²) in [7, 11) is 3.10. The average molecular weight is 240 g/mol. The number of ether oxygens (including phenoxy) is 4. The van der Waals surface area contributed by atoms with Gasteiger partial charge in [-0.3, -0.25) is 4.79 Å². The summed E-state index contributed by atoms with van der Waals surface area (Å²) in [4.78, 5) is 10.7. The normalized spacial score (nSPS) is 9.82. The van der Waals surface area contributed by atoms with Crippen LogP contribution in [0.2, 0.25) is 0 Å². The molecule has 0 atom stereocenters. The SMILES string of the molecule is COCOc1ccc(COC(C)=O)c(OC)c1. The van der Waals surface area contributed by atoms with Crippen molar-refractivity contribution in [3.63, 3.8) is 0 Å². The Bertz CT molecular complexity index is 375. The molecular weight excluding hydrogens is 224 g/mol. The van der Waals surface area contributed by atoms with E-state index in [1.807, 2.05) is 0 Å². The highest BCUT2D eigenvalue weighted by atomic mass is 16.7. The first-order chi connectivity index (χ1) is 8.17. The highest BCUT2D eigenvalue weighted by molar-refractivity contribution is 5.66. The van der Waals surface area contributed by atoms with E-state index in [2.05, 4.69) is 0 Å². The standard InChI is InChI=1S/C12H16O5/c1-9(13)16-7-10-4-5-11(17-8-14-2)6-12(10)15-3/h4-6H,7-8H2,1-3H3. The average Bonchev–Trinajstić information content (AvgIpc) is 2.34. The quantitative estimate of drug-likeness (QED) is 0.560. The molecule has 0 aromatic heterocycles. The van der Waals surface area contributed by atoms with Gasteiger partial charge in [0, 0.05) is 25.7 Å². The largest absolute Gasteiger partial charge is 0.496 e. The zero-order chi connectivity index (χ0) is 12.7. The molecule has 1 rings (SSSR count). The predicted molar refractivity (Wildman–Crippen MR) is 61.0 cm³/mol. The van der Waals surface area contributed by atoms with Crippen molar-refractivity contribution in [1.82, 2.24) is 0 Å². The third-order valence-corrected chi connectivity index (χ3v) is 2.03. The molecule has 0 aliphatic carbocycles. The molecule has 1 aromatic rings. The molecular formula is C12H16O5. The van der Waals surface area contributed by atoms with Crippen LogP contribution in [0.3, 0.4) is 0 Å². The van der Waals surface area contributed by atoms with Crippen LogP contribution in [0, 0.1) is 0 Å². The molecule has 0 bridgehead atoms. The molecule has 0 spiro atoms. The Morgan fingerprint density at radius 3 is 2.65 bits per heavy atom. The number of rotatable bonds is 6. The lowest BCUT2D eigenvalue weighted by molar-refractivity contribution is -0.142. The van der Waals surface area contributed by atoms with Crippen LogP contribution in [0.15, 0.2) is 18.2 Å². The van der Waals surface area contributed by atoms with Crippen LogP contribution in [0.25, 0.3) is 0 Å². The summed E-state index contributed by atoms with van der Waals surface area (Å²) in [6.07, 6.45) is 0. The topological polar surface area (TPSA) is 54.0 Å². The lowest BCUT2D eigenvalue weighted by atomic mass is 10.2. The van der Waals surface area contributed by atoms with Crippen molar-refractivity contribution in [1.29, 1.82) is 0 Å². The molecule has 0 aliphatic heterocycles. The Balaban J connectivity index is 2.74. The Hall–Kier alpha value is -1.75. The number of hydrogen-bond donors (Lipinski definition) is 0. The van der Waals surface area contributed by atoms with Gasteiger partial charge in [0.2, 0.25) is 0 Å². The Labute approximate surface area is 100 Å². The minimum atomic E-state index is -0.327. The van der Waals surface area contributed by atoms with E-state index in [0.29, 0.717) is 11.5 Å². The fraction of sp³-hybridized carbons (Fsp3) is 0.417. The van der Waals surface area contributed by atoms with Gasteiger partial charge in [0.05, 0.1) is 7.11 Å². The van der Waals surface area contributed by atoms with Crippen LogP contribution in [-0.4, -0.2) is 27.0 Å². The summed E-state index contributed by atoms with van der Waals surface area (Å²) in [6.45, 7) is 1.72. The molecule has 0 saturated heterocycles. The van der Waals surface area contributed by atoms with E-state index < -0.39 is 0 Å². The summed E-state index contributed by atoms with van der Waals surface area (Å²) in [5.41, 5.74) is 0.785. The van der Waals surface area contributed by atoms with Gasteiger partial charge in [0.1, 0.15) is 18.1 Å². The zero-order valence-corrected chi connectivity index (χ0v) is 10.2. The minimum absolute atomic E-state index is 0.173. The van der Waals surface area contributed by atoms with Crippen LogP contribution >= 0.6 is 0 Å². The van der Waals surface area contributed by atoms with Gasteiger partial charge in [0.15, 0.2) is 6.79 Å². The van der Waals surface area contributed by atoms with Gasteiger partial charge in [-0.05, 0) is 12.1 Å². The van der Waals surface area contributed by atoms with Crippen molar-refractivity contribution < 1.29 is 23.7 Å². The molecule has 0 radical (unpaired) electrons. The molecule has 0 saturated carbocycles. The van der Waals surface area contributed by atoms with E-state index >= 15 is 0 Å². The smallest absolute Gasteiger partial charge is 0.302 e. The van der Waals surface area contributed by atoms with Crippen molar-refractivity contribution in [2.24, 2.45) is 0 Å². The number of hydrogen-bond acceptors (Lipinski definition) is 5. The Morgan fingerprint density at radius 1 is 1.29 bits per heavy atom. The van der Waals surface area contributed by atoms with E-state index in [4.69, 9.17) is 18.9 Å². The molecule has 94 valence electrons. The van der Waals surface area contributed by atoms with E-state index in [1.165, 1.54) is 6.92 Å². The third kappa shape index (κ3) is 4.32. The zero-order valence-electron chi connectivity index (χ0n) is 10.2. The van der Waals surface area contributed by atoms with Crippen molar-refractivity contribution in [2.45, 2.75) is 13.5 Å². The summed E-state index contributed by atoms with van der Waals surface area (Å²) >= 11 is 0. The maximum absolute atomic E-state index is 10.7. The summed E-state index contributed by atoms with van der Waals surface area (Å²) in [5.74, 6) is 0.918. The molecule has 0 fully saturated rings. The second-order valence-electron chi connectivity index (χ2n) is 3.30. The van der Waals surface area contributed by atoms with Crippen LogP contribution in [-0.2, 0) is 20.9 Å². The van der Waals surface area contributed by atoms with Gasteiger partial charge in [-0.25, -0.2) is 0 Å². The molecule has 0 aliphatic rings. The lowest BCUT2D eigenvalue weighted by Crippen LogP contribution is -2.02. The second kappa shape index (κ2) is 6.75. The van der Waals surface area contributed by atoms with Crippen molar-refractivity contribution in [3.8, 4) is 11.5 Å². The first-order valence-electron chi connectivity index (χ1n) is 5.09. The highest BCUT2D eigenvalue weighted by Crippen LogP contribution is 2.25. The van der Waals surface area contributed by atoms with Gasteiger partial charge in [-0.1, -0.05) is 0 Å². The van der Waals surface area contributed by atoms with Gasteiger partial charge >= 0.3 is 5.97 Å². The third-order valence-electron chi connectivity index (χ3n) is 2.03. The number of benzene rings is 1. The maximum Gasteiger partial charge on any atom is 0.302 e. The summed E-state index contributed by atoms with van der Waals surface area (Å²) in [5, 5.41) is 0. The van der Waals surface area contributed by atoms with E-state index in [1.54, 1.807) is 32.4 Å². The van der Waals surface area contributed by atoms with Gasteiger partial charge in [-0.15, -0.1) is 0 Å². The lowest BCUT2D eigenvalue weighted by Gasteiger charge is -2.11. The van der Waals surface area contributed by atoms with Gasteiger partial charge < -0.3 is 18.9 Å². The van der Waals surface area contributed by atoms with Crippen molar-refractivity contribution in [2.75, 3.05) is 21.0 Å². The summed E-state index contributed by atoms with van der Waals surface area (Å²) in [6, 6.07) is 5.27. The van der Waals surface area contributed by atoms with Crippen LogP contribution in [0.5, 0.6) is 11.5 Å². The van der Waals surface area contributed by atoms with E-state index in [-0.39, 0.29) is 19.4 Å². The minimum Gasteiger partial charge on any atom is -0.496 e. The second-order valence-corrected chi connectivity index (χ2v) is 3.30. The molecule has 5 nitrogen and oxygen atoms in total. The number of carbonyl (C=O) groups is 1. The molecule has 1 aromatic carbocycles. The van der Waals surface area contributed by atoms with Crippen LogP contribution < -0.4 is 9.47 Å². The molecule has 0 heterocycles. The molecule has 5 heteroatoms. The van der Waals surface area contributed by atoms with Gasteiger partial charge in [-0.2, -0.15) is 0 Å². The van der Waals surface area contributed by atoms with Crippen molar-refractivity contribution >= 4 is 5.97 Å². The predicted octanol–water partition coefficient (Wildman–Crippen LogP) is 1.74. The fourth-order valence-corrected chi connectivity index (χ4v) is 1.24. The van der Waals surface area contributed by atoms with E-state index in [9.17, 15) is 4.79 Å². The monoisotopic (exact) mass is 240 g/mol. The Morgan fingerprint density at radius 2 is 2.06 bits per heavy atom. The van der Waals surface area contributed by atoms with Gasteiger partial charge in [0.25, 0.3) is 0 Å². The Kier molecular flexibility index (Phi) is 5.29. The number of carbonyl (C=O) groups excluding carboxylic acids is 1. The number of esters is 1. The fourth-order valence-electron chi connectivity index (χ4n) is 1.24. The molecule has 0 unspecified atom stereocenters. The van der Waals surface area contributed by atoms with Crippen LogP contribution in [0.4, 0.5) is 0 Å². The van der Waals surface area contributed by atoms with Crippen LogP contribution in [0.1, 0.15) is 12.5 Å². The number of methoxy groups -OCH3 is 2. The van der Waals surface area contributed by atoms with Crippen molar-refractivity contribution in [3.05, 3.63) is 23.8 Å². The molecule has 17 heavy (non-hydrogen) atoms. The first-order valence-corrected chi connectivity index (χ1v) is 5.09. The molecule has 0 N–H and O–H groups in total. The maximum atomic E-state index is 10.7.